The molecule has 5 aliphatic carbocycles. The lowest BCUT2D eigenvalue weighted by atomic mass is 9.31. The van der Waals surface area contributed by atoms with Crippen LogP contribution in [0.3, 0.4) is 0 Å². The van der Waals surface area contributed by atoms with E-state index in [9.17, 15) is 5.11 Å². The van der Waals surface area contributed by atoms with Gasteiger partial charge in [-0.3, -0.25) is 0 Å². The molecule has 5 aliphatic rings. The van der Waals surface area contributed by atoms with E-state index in [0.29, 0.717) is 27.6 Å². The lowest BCUT2D eigenvalue weighted by Crippen LogP contribution is -2.67. The van der Waals surface area contributed by atoms with Gasteiger partial charge < -0.3 is 5.11 Å². The number of hydrogen-bond donors (Lipinski definition) is 1. The third-order valence-corrected chi connectivity index (χ3v) is 13.8. The van der Waals surface area contributed by atoms with Gasteiger partial charge in [-0.15, -0.1) is 0 Å². The van der Waals surface area contributed by atoms with Gasteiger partial charge in [0.2, 0.25) is 0 Å². The molecular weight excluding hydrogens is 388 g/mol. The van der Waals surface area contributed by atoms with Crippen LogP contribution in [0.2, 0.25) is 0 Å². The third-order valence-electron chi connectivity index (χ3n) is 13.8. The van der Waals surface area contributed by atoms with Crippen molar-refractivity contribution in [3.05, 3.63) is 12.2 Å². The van der Waals surface area contributed by atoms with Crippen LogP contribution in [-0.2, 0) is 0 Å². The molecule has 5 fully saturated rings. The summed E-state index contributed by atoms with van der Waals surface area (Å²) in [5.74, 6) is 4.00. The van der Waals surface area contributed by atoms with E-state index in [1.54, 1.807) is 0 Å². The summed E-state index contributed by atoms with van der Waals surface area (Å²) in [6.45, 7) is 22.2. The molecule has 0 spiro atoms. The van der Waals surface area contributed by atoms with E-state index in [1.165, 1.54) is 69.8 Å². The van der Waals surface area contributed by atoms with Crippen LogP contribution in [0.25, 0.3) is 0 Å². The van der Waals surface area contributed by atoms with Crippen molar-refractivity contribution in [2.75, 3.05) is 0 Å². The standard InChI is InChI=1S/C31H52O/c1-9-31-17-13-23-27(4,5)25(32)14-16-29(23,7)24(31)11-10-22-26-21(20(2)3)12-15-28(26,6)18-19-30(22,31)8/h21-26,32H,2,9-19H2,1,3-8H3/t21?,22?,23?,24?,25-,26?,28+,29-,30+,31+/m0/s1. The second kappa shape index (κ2) is 7.11. The quantitative estimate of drug-likeness (QED) is 0.427. The van der Waals surface area contributed by atoms with Crippen molar-refractivity contribution in [1.29, 1.82) is 0 Å². The zero-order valence-electron chi connectivity index (χ0n) is 22.4. The number of aliphatic hydroxyl groups excluding tert-OH is 1. The van der Waals surface area contributed by atoms with E-state index in [-0.39, 0.29) is 11.5 Å². The minimum Gasteiger partial charge on any atom is -0.393 e. The Hall–Kier alpha value is -0.300. The van der Waals surface area contributed by atoms with Crippen molar-refractivity contribution in [3.63, 3.8) is 0 Å². The van der Waals surface area contributed by atoms with Crippen molar-refractivity contribution in [2.45, 2.75) is 125 Å². The van der Waals surface area contributed by atoms with Crippen molar-refractivity contribution < 1.29 is 5.11 Å². The monoisotopic (exact) mass is 440 g/mol. The van der Waals surface area contributed by atoms with Gasteiger partial charge in [-0.1, -0.05) is 53.7 Å². The van der Waals surface area contributed by atoms with Crippen LogP contribution in [0.4, 0.5) is 0 Å². The largest absolute Gasteiger partial charge is 0.393 e. The average Bonchev–Trinajstić information content (AvgIpc) is 3.09. The molecule has 0 heterocycles. The molecule has 0 aliphatic heterocycles. The normalized spacial score (nSPS) is 56.5. The van der Waals surface area contributed by atoms with E-state index < -0.39 is 0 Å². The Morgan fingerprint density at radius 1 is 0.844 bits per heavy atom. The zero-order valence-corrected chi connectivity index (χ0v) is 22.4. The summed E-state index contributed by atoms with van der Waals surface area (Å²) in [5.41, 5.74) is 3.44. The molecular formula is C31H52O. The molecule has 0 bridgehead atoms. The van der Waals surface area contributed by atoms with Crippen molar-refractivity contribution in [1.82, 2.24) is 0 Å². The van der Waals surface area contributed by atoms with Gasteiger partial charge in [-0.2, -0.15) is 0 Å². The summed E-state index contributed by atoms with van der Waals surface area (Å²) in [5, 5.41) is 10.9. The van der Waals surface area contributed by atoms with Gasteiger partial charge >= 0.3 is 0 Å². The first kappa shape index (κ1) is 23.4. The third kappa shape index (κ3) is 2.67. The SMILES string of the molecule is C=C(C)C1CC[C@]2(C)CC[C@]3(C)C(CCC4[C@@]5(C)CC[C@H](O)C(C)(C)C5CC[C@]43CC)C12. The number of fused-ring (bicyclic) bond motifs is 7. The highest BCUT2D eigenvalue weighted by atomic mass is 16.3. The first-order valence-corrected chi connectivity index (χ1v) is 14.2. The molecule has 182 valence electrons. The molecule has 0 aromatic heterocycles. The van der Waals surface area contributed by atoms with Gasteiger partial charge in [-0.05, 0) is 134 Å². The van der Waals surface area contributed by atoms with Crippen LogP contribution >= 0.6 is 0 Å². The van der Waals surface area contributed by atoms with Crippen LogP contribution in [0.15, 0.2) is 12.2 Å². The number of rotatable bonds is 2. The second-order valence-electron chi connectivity index (χ2n) is 14.8. The highest BCUT2D eigenvalue weighted by Crippen LogP contribution is 2.78. The Bertz CT molecular complexity index is 781. The summed E-state index contributed by atoms with van der Waals surface area (Å²) in [7, 11) is 0. The van der Waals surface area contributed by atoms with E-state index in [2.05, 4.69) is 55.0 Å². The topological polar surface area (TPSA) is 20.2 Å². The van der Waals surface area contributed by atoms with Crippen LogP contribution in [0, 0.1) is 56.7 Å². The van der Waals surface area contributed by atoms with Gasteiger partial charge in [0, 0.05) is 0 Å². The predicted octanol–water partition coefficient (Wildman–Crippen LogP) is 8.41. The summed E-state index contributed by atoms with van der Waals surface area (Å²) >= 11 is 0. The van der Waals surface area contributed by atoms with Crippen LogP contribution in [0.5, 0.6) is 0 Å². The molecule has 1 heteroatoms. The van der Waals surface area contributed by atoms with Crippen LogP contribution in [-0.4, -0.2) is 11.2 Å². The molecule has 5 rings (SSSR count). The Morgan fingerprint density at radius 3 is 2.22 bits per heavy atom. The lowest BCUT2D eigenvalue weighted by Gasteiger charge is -2.73. The summed E-state index contributed by atoms with van der Waals surface area (Å²) < 4.78 is 0. The Kier molecular flexibility index (Phi) is 5.21. The molecule has 10 atom stereocenters. The highest BCUT2D eigenvalue weighted by Gasteiger charge is 2.71. The molecule has 32 heavy (non-hydrogen) atoms. The summed E-state index contributed by atoms with van der Waals surface area (Å²) in [4.78, 5) is 0. The Balaban J connectivity index is 1.58. The van der Waals surface area contributed by atoms with Crippen LogP contribution < -0.4 is 0 Å². The second-order valence-corrected chi connectivity index (χ2v) is 14.8. The molecule has 1 N–H and O–H groups in total. The molecule has 0 saturated heterocycles. The van der Waals surface area contributed by atoms with Crippen molar-refractivity contribution >= 4 is 0 Å². The summed E-state index contributed by atoms with van der Waals surface area (Å²) in [6, 6.07) is 0. The number of hydrogen-bond acceptors (Lipinski definition) is 1. The molecule has 0 amide bonds. The molecule has 0 aromatic rings. The van der Waals surface area contributed by atoms with Crippen LogP contribution in [0.1, 0.15) is 119 Å². The fourth-order valence-corrected chi connectivity index (χ4v) is 12.0. The Morgan fingerprint density at radius 2 is 1.56 bits per heavy atom. The molecule has 0 aromatic carbocycles. The van der Waals surface area contributed by atoms with Gasteiger partial charge in [-0.25, -0.2) is 0 Å². The zero-order chi connectivity index (χ0) is 23.3. The van der Waals surface area contributed by atoms with Gasteiger partial charge in [0.25, 0.3) is 0 Å². The van der Waals surface area contributed by atoms with E-state index >= 15 is 0 Å². The van der Waals surface area contributed by atoms with E-state index in [4.69, 9.17) is 0 Å². The average molecular weight is 441 g/mol. The van der Waals surface area contributed by atoms with Gasteiger partial charge in [0.1, 0.15) is 0 Å². The fraction of sp³-hybridized carbons (Fsp3) is 0.935. The molecule has 5 unspecified atom stereocenters. The number of allylic oxidation sites excluding steroid dienone is 1. The van der Waals surface area contributed by atoms with Crippen molar-refractivity contribution in [2.24, 2.45) is 56.7 Å². The van der Waals surface area contributed by atoms with Crippen molar-refractivity contribution in [3.8, 4) is 0 Å². The van der Waals surface area contributed by atoms with E-state index in [1.807, 2.05) is 0 Å². The fourth-order valence-electron chi connectivity index (χ4n) is 12.0. The molecule has 0 radical (unpaired) electrons. The maximum atomic E-state index is 10.9. The van der Waals surface area contributed by atoms with E-state index in [0.717, 1.165) is 30.1 Å². The minimum absolute atomic E-state index is 0.0618. The van der Waals surface area contributed by atoms with Gasteiger partial charge in [0.05, 0.1) is 6.10 Å². The van der Waals surface area contributed by atoms with Gasteiger partial charge in [0.15, 0.2) is 0 Å². The molecule has 1 nitrogen and oxygen atoms in total. The lowest BCUT2D eigenvalue weighted by molar-refractivity contribution is -0.254. The Labute approximate surface area is 199 Å². The minimum atomic E-state index is -0.119. The maximum absolute atomic E-state index is 10.9. The maximum Gasteiger partial charge on any atom is 0.0594 e. The summed E-state index contributed by atoms with van der Waals surface area (Å²) in [6.07, 6.45) is 14.8. The molecule has 5 saturated carbocycles. The first-order chi connectivity index (χ1) is 14.9. The highest BCUT2D eigenvalue weighted by molar-refractivity contribution is 5.21. The smallest absolute Gasteiger partial charge is 0.0594 e. The first-order valence-electron chi connectivity index (χ1n) is 14.2. The predicted molar refractivity (Wildman–Crippen MR) is 135 cm³/mol. The number of aliphatic hydroxyl groups is 1.